The van der Waals surface area contributed by atoms with Gasteiger partial charge in [0.05, 0.1) is 10.9 Å². The van der Waals surface area contributed by atoms with Crippen LogP contribution in [0.3, 0.4) is 0 Å². The number of nitrogens with zero attached hydrogens (tertiary/aromatic N) is 3. The molecule has 1 aliphatic carbocycles. The van der Waals surface area contributed by atoms with Gasteiger partial charge in [0, 0.05) is 30.3 Å². The Kier molecular flexibility index (Phi) is 4.10. The average Bonchev–Trinajstić information content (AvgIpc) is 3.37. The molecule has 6 nitrogen and oxygen atoms in total. The lowest BCUT2D eigenvalue weighted by Crippen LogP contribution is -2.27. The fourth-order valence-electron chi connectivity index (χ4n) is 3.08. The van der Waals surface area contributed by atoms with Crippen LogP contribution < -0.4 is 15.9 Å². The number of benzene rings is 1. The second kappa shape index (κ2) is 6.25. The van der Waals surface area contributed by atoms with Crippen LogP contribution in [0, 0.1) is 6.92 Å². The Balaban J connectivity index is 1.70. The first-order chi connectivity index (χ1) is 13.2. The van der Waals surface area contributed by atoms with E-state index in [1.807, 2.05) is 6.92 Å². The van der Waals surface area contributed by atoms with Gasteiger partial charge in [-0.15, -0.1) is 0 Å². The van der Waals surface area contributed by atoms with Gasteiger partial charge in [-0.25, -0.2) is 24.2 Å². The smallest absolute Gasteiger partial charge is 0.270 e. The van der Waals surface area contributed by atoms with Crippen molar-refractivity contribution in [2.24, 2.45) is 0 Å². The Morgan fingerprint density at radius 1 is 1.25 bits per heavy atom. The van der Waals surface area contributed by atoms with Crippen LogP contribution in [0.15, 0.2) is 41.3 Å². The van der Waals surface area contributed by atoms with Gasteiger partial charge in [-0.05, 0) is 38.8 Å². The number of alkyl halides is 2. The number of hydrogen-bond acceptors (Lipinski definition) is 5. The predicted octanol–water partition coefficient (Wildman–Crippen LogP) is 4.13. The van der Waals surface area contributed by atoms with E-state index in [-0.39, 0.29) is 22.4 Å². The number of nitrogens with one attached hydrogen (secondary N) is 1. The van der Waals surface area contributed by atoms with E-state index in [0.717, 1.165) is 19.8 Å². The minimum absolute atomic E-state index is 0.115. The van der Waals surface area contributed by atoms with E-state index in [9.17, 15) is 13.6 Å². The normalized spacial score (nSPS) is 15.5. The van der Waals surface area contributed by atoms with Gasteiger partial charge in [-0.3, -0.25) is 4.79 Å². The van der Waals surface area contributed by atoms with Crippen molar-refractivity contribution in [2.45, 2.75) is 45.1 Å². The standard InChI is InChI=1S/C20H20F2N4O2/c1-12-23-16-10-17(27)26(19(2)7-8-19)11-15(16)18(24-12)25-28-14-6-4-5-13(9-14)20(3,21)22/h4-6,9-11H,7-8H2,1-3H3,(H,23,24,25). The summed E-state index contributed by atoms with van der Waals surface area (Å²) in [6.45, 7) is 4.56. The van der Waals surface area contributed by atoms with Crippen LogP contribution in [-0.4, -0.2) is 14.5 Å². The van der Waals surface area contributed by atoms with Gasteiger partial charge in [0.25, 0.3) is 11.5 Å². The number of fused-ring (bicyclic) bond motifs is 1. The van der Waals surface area contributed by atoms with Crippen LogP contribution in [0.25, 0.3) is 10.9 Å². The van der Waals surface area contributed by atoms with E-state index < -0.39 is 5.92 Å². The maximum atomic E-state index is 13.5. The number of hydrogen-bond donors (Lipinski definition) is 1. The van der Waals surface area contributed by atoms with E-state index in [1.165, 1.54) is 24.3 Å². The maximum absolute atomic E-state index is 13.5. The van der Waals surface area contributed by atoms with Gasteiger partial charge in [-0.2, -0.15) is 0 Å². The molecule has 1 fully saturated rings. The maximum Gasteiger partial charge on any atom is 0.270 e. The molecule has 0 spiro atoms. The number of pyridine rings is 1. The predicted molar refractivity (Wildman–Crippen MR) is 102 cm³/mol. The molecule has 0 unspecified atom stereocenters. The summed E-state index contributed by atoms with van der Waals surface area (Å²) in [5.41, 5.74) is 2.78. The topological polar surface area (TPSA) is 69.0 Å². The molecule has 2 heterocycles. The highest BCUT2D eigenvalue weighted by Gasteiger charge is 2.40. The van der Waals surface area contributed by atoms with Crippen LogP contribution in [0.4, 0.5) is 14.6 Å². The minimum atomic E-state index is -2.96. The van der Waals surface area contributed by atoms with Crippen LogP contribution >= 0.6 is 0 Å². The number of aryl methyl sites for hydroxylation is 1. The van der Waals surface area contributed by atoms with E-state index in [2.05, 4.69) is 15.4 Å². The first-order valence-electron chi connectivity index (χ1n) is 8.98. The lowest BCUT2D eigenvalue weighted by Gasteiger charge is -2.16. The molecule has 0 bridgehead atoms. The van der Waals surface area contributed by atoms with Gasteiger partial charge in [0.1, 0.15) is 5.82 Å². The zero-order valence-corrected chi connectivity index (χ0v) is 15.8. The van der Waals surface area contributed by atoms with Crippen molar-refractivity contribution in [3.63, 3.8) is 0 Å². The van der Waals surface area contributed by atoms with Crippen molar-refractivity contribution in [3.8, 4) is 5.75 Å². The molecule has 1 saturated carbocycles. The van der Waals surface area contributed by atoms with Gasteiger partial charge < -0.3 is 9.40 Å². The van der Waals surface area contributed by atoms with Crippen LogP contribution in [-0.2, 0) is 11.5 Å². The van der Waals surface area contributed by atoms with E-state index >= 15 is 0 Å². The largest absolute Gasteiger partial charge is 0.381 e. The third-order valence-electron chi connectivity index (χ3n) is 5.00. The summed E-state index contributed by atoms with van der Waals surface area (Å²) in [6.07, 6.45) is 3.59. The average molecular weight is 386 g/mol. The second-order valence-electron chi connectivity index (χ2n) is 7.52. The third-order valence-corrected chi connectivity index (χ3v) is 5.00. The lowest BCUT2D eigenvalue weighted by molar-refractivity contribution is 0.0172. The van der Waals surface area contributed by atoms with E-state index in [4.69, 9.17) is 4.84 Å². The Bertz CT molecular complexity index is 1120. The van der Waals surface area contributed by atoms with Crippen molar-refractivity contribution in [2.75, 3.05) is 5.48 Å². The molecule has 0 atom stereocenters. The van der Waals surface area contributed by atoms with Crippen molar-refractivity contribution in [1.29, 1.82) is 0 Å². The first kappa shape index (κ1) is 18.3. The van der Waals surface area contributed by atoms with E-state index in [0.29, 0.717) is 22.5 Å². The molecule has 1 N–H and O–H groups in total. The summed E-state index contributed by atoms with van der Waals surface area (Å²) in [6, 6.07) is 7.16. The molecule has 0 aliphatic heterocycles. The van der Waals surface area contributed by atoms with Crippen molar-refractivity contribution in [3.05, 3.63) is 58.3 Å². The fourth-order valence-corrected chi connectivity index (χ4v) is 3.08. The molecule has 3 aromatic rings. The molecular formula is C20H20F2N4O2. The summed E-state index contributed by atoms with van der Waals surface area (Å²) in [5, 5.41) is 0.621. The van der Waals surface area contributed by atoms with Gasteiger partial charge >= 0.3 is 0 Å². The Labute approximate surface area is 160 Å². The van der Waals surface area contributed by atoms with Crippen molar-refractivity contribution < 1.29 is 13.6 Å². The molecule has 1 aromatic carbocycles. The monoisotopic (exact) mass is 386 g/mol. The summed E-state index contributed by atoms with van der Waals surface area (Å²) in [5.74, 6) is -1.91. The number of aromatic nitrogens is 3. The number of rotatable bonds is 5. The van der Waals surface area contributed by atoms with Crippen LogP contribution in [0.2, 0.25) is 0 Å². The van der Waals surface area contributed by atoms with Crippen molar-refractivity contribution in [1.82, 2.24) is 14.5 Å². The summed E-state index contributed by atoms with van der Waals surface area (Å²) in [4.78, 5) is 26.6. The van der Waals surface area contributed by atoms with Gasteiger partial charge in [0.15, 0.2) is 11.6 Å². The number of halogens is 2. The summed E-state index contributed by atoms with van der Waals surface area (Å²) in [7, 11) is 0. The van der Waals surface area contributed by atoms with Gasteiger partial charge in [-0.1, -0.05) is 12.1 Å². The Morgan fingerprint density at radius 2 is 2.00 bits per heavy atom. The molecule has 0 amide bonds. The molecule has 0 radical (unpaired) electrons. The summed E-state index contributed by atoms with van der Waals surface area (Å²) >= 11 is 0. The zero-order chi connectivity index (χ0) is 20.1. The Hall–Kier alpha value is -3.03. The first-order valence-corrected chi connectivity index (χ1v) is 8.98. The quantitative estimate of drug-likeness (QED) is 0.668. The molecule has 28 heavy (non-hydrogen) atoms. The van der Waals surface area contributed by atoms with Crippen LogP contribution in [0.5, 0.6) is 5.75 Å². The molecule has 146 valence electrons. The van der Waals surface area contributed by atoms with Gasteiger partial charge in [0.2, 0.25) is 0 Å². The molecule has 4 rings (SSSR count). The SMILES string of the molecule is Cc1nc(NOc2cccc(C(C)(F)F)c2)c2cn(C3(C)CC3)c(=O)cc2n1. The fraction of sp³-hybridized carbons (Fsp3) is 0.350. The molecule has 8 heteroatoms. The Morgan fingerprint density at radius 3 is 2.68 bits per heavy atom. The molecule has 0 saturated heterocycles. The highest BCUT2D eigenvalue weighted by Crippen LogP contribution is 2.42. The molecule has 1 aliphatic rings. The molecular weight excluding hydrogens is 366 g/mol. The minimum Gasteiger partial charge on any atom is -0.381 e. The lowest BCUT2D eigenvalue weighted by atomic mass is 10.1. The third kappa shape index (κ3) is 3.42. The second-order valence-corrected chi connectivity index (χ2v) is 7.52. The highest BCUT2D eigenvalue weighted by atomic mass is 19.3. The van der Waals surface area contributed by atoms with E-state index in [1.54, 1.807) is 23.8 Å². The summed E-state index contributed by atoms with van der Waals surface area (Å²) < 4.78 is 28.8. The zero-order valence-electron chi connectivity index (χ0n) is 15.8. The van der Waals surface area contributed by atoms with Crippen LogP contribution in [0.1, 0.15) is 38.1 Å². The highest BCUT2D eigenvalue weighted by molar-refractivity contribution is 5.88. The number of anilines is 1. The molecule has 2 aromatic heterocycles. The van der Waals surface area contributed by atoms with Crippen molar-refractivity contribution >= 4 is 16.7 Å².